The van der Waals surface area contributed by atoms with E-state index in [-0.39, 0.29) is 0 Å². The molecular formula is C12H19ClN2O. The van der Waals surface area contributed by atoms with E-state index >= 15 is 0 Å². The lowest BCUT2D eigenvalue weighted by Crippen LogP contribution is -2.16. The number of halogens is 1. The second-order valence-electron chi connectivity index (χ2n) is 3.59. The normalized spacial score (nSPS) is 10.4. The summed E-state index contributed by atoms with van der Waals surface area (Å²) in [5.74, 6) is 0.832. The summed E-state index contributed by atoms with van der Waals surface area (Å²) < 4.78 is 5.26. The molecule has 0 radical (unpaired) electrons. The number of benzene rings is 1. The number of nitrogens with two attached hydrogens (primary N) is 1. The van der Waals surface area contributed by atoms with Crippen molar-refractivity contribution in [2.45, 2.75) is 19.4 Å². The van der Waals surface area contributed by atoms with Crippen molar-refractivity contribution in [3.05, 3.63) is 28.8 Å². The Morgan fingerprint density at radius 1 is 1.38 bits per heavy atom. The summed E-state index contributed by atoms with van der Waals surface area (Å²) in [6, 6.07) is 5.68. The maximum Gasteiger partial charge on any atom is 0.124 e. The average molecular weight is 243 g/mol. The van der Waals surface area contributed by atoms with Crippen LogP contribution in [0.4, 0.5) is 0 Å². The second-order valence-corrected chi connectivity index (χ2v) is 4.00. The first kappa shape index (κ1) is 13.3. The van der Waals surface area contributed by atoms with Crippen molar-refractivity contribution >= 4 is 11.6 Å². The van der Waals surface area contributed by atoms with Gasteiger partial charge in [0, 0.05) is 17.1 Å². The van der Waals surface area contributed by atoms with E-state index in [9.17, 15) is 0 Å². The lowest BCUT2D eigenvalue weighted by molar-refractivity contribution is 0.407. The summed E-state index contributed by atoms with van der Waals surface area (Å²) in [6.45, 7) is 2.43. The van der Waals surface area contributed by atoms with Crippen molar-refractivity contribution in [3.63, 3.8) is 0 Å². The lowest BCUT2D eigenvalue weighted by Gasteiger charge is -2.11. The summed E-state index contributed by atoms with van der Waals surface area (Å²) in [6.07, 6.45) is 2.13. The van der Waals surface area contributed by atoms with Gasteiger partial charge in [-0.25, -0.2) is 0 Å². The Balaban J connectivity index is 2.46. The minimum Gasteiger partial charge on any atom is -0.496 e. The van der Waals surface area contributed by atoms with Crippen molar-refractivity contribution in [1.82, 2.24) is 5.32 Å². The van der Waals surface area contributed by atoms with Crippen molar-refractivity contribution in [3.8, 4) is 5.75 Å². The molecule has 0 saturated carbocycles. The minimum atomic E-state index is 0.730. The third kappa shape index (κ3) is 4.00. The fourth-order valence-electron chi connectivity index (χ4n) is 1.51. The Labute approximate surface area is 102 Å². The first-order valence-corrected chi connectivity index (χ1v) is 5.89. The molecule has 0 atom stereocenters. The zero-order chi connectivity index (χ0) is 11.8. The van der Waals surface area contributed by atoms with Crippen molar-refractivity contribution in [1.29, 1.82) is 0 Å². The lowest BCUT2D eigenvalue weighted by atomic mass is 10.2. The fourth-order valence-corrected chi connectivity index (χ4v) is 1.74. The van der Waals surface area contributed by atoms with Crippen LogP contribution in [0.5, 0.6) is 5.75 Å². The van der Waals surface area contributed by atoms with Crippen LogP contribution in [0.3, 0.4) is 0 Å². The van der Waals surface area contributed by atoms with Gasteiger partial charge >= 0.3 is 0 Å². The summed E-state index contributed by atoms with van der Waals surface area (Å²) in [7, 11) is 1.66. The molecule has 0 spiro atoms. The smallest absolute Gasteiger partial charge is 0.124 e. The molecule has 0 aliphatic heterocycles. The van der Waals surface area contributed by atoms with E-state index in [0.29, 0.717) is 0 Å². The van der Waals surface area contributed by atoms with E-state index < -0.39 is 0 Å². The number of hydrogen-bond acceptors (Lipinski definition) is 3. The fraction of sp³-hybridized carbons (Fsp3) is 0.500. The standard InChI is InChI=1S/C12H19ClN2O/c1-16-12-6-4-5-11(13)10(12)9-15-8-3-2-7-14/h4-6,15H,2-3,7-9,14H2,1H3. The first-order valence-electron chi connectivity index (χ1n) is 5.51. The predicted molar refractivity (Wildman–Crippen MR) is 68.0 cm³/mol. The summed E-state index contributed by atoms with van der Waals surface area (Å²) in [5, 5.41) is 4.07. The van der Waals surface area contributed by atoms with Gasteiger partial charge in [-0.1, -0.05) is 17.7 Å². The maximum atomic E-state index is 6.11. The summed E-state index contributed by atoms with van der Waals surface area (Å²) in [4.78, 5) is 0. The molecule has 0 aliphatic rings. The van der Waals surface area contributed by atoms with Gasteiger partial charge in [0.1, 0.15) is 5.75 Å². The highest BCUT2D eigenvalue weighted by atomic mass is 35.5. The Hall–Kier alpha value is -0.770. The quantitative estimate of drug-likeness (QED) is 0.721. The molecule has 0 saturated heterocycles. The molecule has 16 heavy (non-hydrogen) atoms. The van der Waals surface area contributed by atoms with Gasteiger partial charge in [-0.05, 0) is 38.1 Å². The maximum absolute atomic E-state index is 6.11. The van der Waals surface area contributed by atoms with E-state index in [4.69, 9.17) is 22.1 Å². The molecule has 0 unspecified atom stereocenters. The van der Waals surface area contributed by atoms with Crippen molar-refractivity contribution < 1.29 is 4.74 Å². The molecule has 0 amide bonds. The van der Waals surface area contributed by atoms with Crippen LogP contribution in [0.15, 0.2) is 18.2 Å². The minimum absolute atomic E-state index is 0.730. The van der Waals surface area contributed by atoms with E-state index in [0.717, 1.165) is 48.8 Å². The van der Waals surface area contributed by atoms with Crippen LogP contribution >= 0.6 is 11.6 Å². The number of nitrogens with one attached hydrogen (secondary N) is 1. The van der Waals surface area contributed by atoms with Crippen LogP contribution in [-0.2, 0) is 6.54 Å². The molecule has 1 aromatic carbocycles. The molecule has 0 aliphatic carbocycles. The van der Waals surface area contributed by atoms with Gasteiger partial charge in [0.2, 0.25) is 0 Å². The molecule has 0 bridgehead atoms. The van der Waals surface area contributed by atoms with Crippen LogP contribution in [0, 0.1) is 0 Å². The number of methoxy groups -OCH3 is 1. The Bertz CT molecular complexity index is 318. The van der Waals surface area contributed by atoms with E-state index in [1.807, 2.05) is 18.2 Å². The highest BCUT2D eigenvalue weighted by Crippen LogP contribution is 2.25. The topological polar surface area (TPSA) is 47.3 Å². The third-order valence-electron chi connectivity index (χ3n) is 2.41. The Morgan fingerprint density at radius 3 is 2.88 bits per heavy atom. The molecule has 3 nitrogen and oxygen atoms in total. The zero-order valence-corrected chi connectivity index (χ0v) is 10.4. The molecule has 4 heteroatoms. The van der Waals surface area contributed by atoms with Crippen LogP contribution in [0.2, 0.25) is 5.02 Å². The van der Waals surface area contributed by atoms with E-state index in [2.05, 4.69) is 5.32 Å². The largest absolute Gasteiger partial charge is 0.496 e. The van der Waals surface area contributed by atoms with Gasteiger partial charge in [0.25, 0.3) is 0 Å². The molecular weight excluding hydrogens is 224 g/mol. The number of hydrogen-bond donors (Lipinski definition) is 2. The average Bonchev–Trinajstić information content (AvgIpc) is 2.30. The van der Waals surface area contributed by atoms with Gasteiger partial charge in [-0.15, -0.1) is 0 Å². The number of rotatable bonds is 7. The van der Waals surface area contributed by atoms with Crippen molar-refractivity contribution in [2.24, 2.45) is 5.73 Å². The molecule has 3 N–H and O–H groups in total. The molecule has 1 aromatic rings. The van der Waals surface area contributed by atoms with E-state index in [1.165, 1.54) is 0 Å². The molecule has 0 fully saturated rings. The van der Waals surface area contributed by atoms with Gasteiger partial charge in [0.05, 0.1) is 7.11 Å². The second kappa shape index (κ2) is 7.49. The Kier molecular flexibility index (Phi) is 6.23. The Morgan fingerprint density at radius 2 is 2.19 bits per heavy atom. The monoisotopic (exact) mass is 242 g/mol. The summed E-state index contributed by atoms with van der Waals surface area (Å²) in [5.41, 5.74) is 6.44. The number of ether oxygens (including phenoxy) is 1. The predicted octanol–water partition coefficient (Wildman–Crippen LogP) is 2.18. The summed E-state index contributed by atoms with van der Waals surface area (Å²) >= 11 is 6.11. The van der Waals surface area contributed by atoms with E-state index in [1.54, 1.807) is 7.11 Å². The first-order chi connectivity index (χ1) is 7.79. The third-order valence-corrected chi connectivity index (χ3v) is 2.76. The highest BCUT2D eigenvalue weighted by molar-refractivity contribution is 6.31. The van der Waals surface area contributed by atoms with Gasteiger partial charge < -0.3 is 15.8 Å². The van der Waals surface area contributed by atoms with Crippen molar-refractivity contribution in [2.75, 3.05) is 20.2 Å². The SMILES string of the molecule is COc1cccc(Cl)c1CNCCCCN. The van der Waals surface area contributed by atoms with Crippen LogP contribution in [-0.4, -0.2) is 20.2 Å². The van der Waals surface area contributed by atoms with Crippen LogP contribution in [0.25, 0.3) is 0 Å². The highest BCUT2D eigenvalue weighted by Gasteiger charge is 2.06. The number of unbranched alkanes of at least 4 members (excludes halogenated alkanes) is 1. The molecule has 0 heterocycles. The molecule has 1 rings (SSSR count). The zero-order valence-electron chi connectivity index (χ0n) is 9.63. The van der Waals surface area contributed by atoms with Gasteiger partial charge in [0.15, 0.2) is 0 Å². The van der Waals surface area contributed by atoms with Gasteiger partial charge in [-0.3, -0.25) is 0 Å². The van der Waals surface area contributed by atoms with Crippen LogP contribution in [0.1, 0.15) is 18.4 Å². The molecule has 90 valence electrons. The molecule has 0 aromatic heterocycles. The van der Waals surface area contributed by atoms with Crippen LogP contribution < -0.4 is 15.8 Å². The van der Waals surface area contributed by atoms with Gasteiger partial charge in [-0.2, -0.15) is 0 Å².